The van der Waals surface area contributed by atoms with Gasteiger partial charge in [-0.15, -0.1) is 0 Å². The first-order valence-corrected chi connectivity index (χ1v) is 4.81. The van der Waals surface area contributed by atoms with E-state index in [-0.39, 0.29) is 10.8 Å². The van der Waals surface area contributed by atoms with E-state index in [1.807, 2.05) is 6.08 Å². The largest absolute Gasteiger partial charge is 0.299 e. The maximum Gasteiger partial charge on any atom is 0.142 e. The van der Waals surface area contributed by atoms with Crippen molar-refractivity contribution in [3.8, 4) is 0 Å². The Labute approximate surface area is 82.2 Å². The van der Waals surface area contributed by atoms with Gasteiger partial charge in [0.1, 0.15) is 6.29 Å². The van der Waals surface area contributed by atoms with Gasteiger partial charge in [0.25, 0.3) is 0 Å². The van der Waals surface area contributed by atoms with Crippen molar-refractivity contribution >= 4 is 6.29 Å². The molecule has 0 saturated carbocycles. The second-order valence-corrected chi connectivity index (χ2v) is 5.73. The minimum atomic E-state index is 0.206. The van der Waals surface area contributed by atoms with Crippen LogP contribution >= 0.6 is 0 Å². The molecule has 0 spiro atoms. The maximum atomic E-state index is 10.3. The summed E-state index contributed by atoms with van der Waals surface area (Å²) < 4.78 is 0. The molecule has 1 nitrogen and oxygen atoms in total. The normalized spacial score (nSPS) is 14.1. The Morgan fingerprint density at radius 3 is 1.54 bits per heavy atom. The average Bonchev–Trinajstić information content (AvgIpc) is 1.81. The Morgan fingerprint density at radius 2 is 1.31 bits per heavy atom. The second kappa shape index (κ2) is 4.08. The van der Waals surface area contributed by atoms with Gasteiger partial charge in [-0.1, -0.05) is 47.6 Å². The Kier molecular flexibility index (Phi) is 3.89. The Bertz CT molecular complexity index is 174. The fourth-order valence-electron chi connectivity index (χ4n) is 2.03. The minimum absolute atomic E-state index is 0.206. The molecule has 0 fully saturated rings. The first kappa shape index (κ1) is 12.4. The summed E-state index contributed by atoms with van der Waals surface area (Å²) in [4.78, 5) is 10.3. The molecular weight excluding hydrogens is 160 g/mol. The van der Waals surface area contributed by atoms with E-state index in [2.05, 4.69) is 41.5 Å². The van der Waals surface area contributed by atoms with E-state index in [0.717, 1.165) is 6.29 Å². The lowest BCUT2D eigenvalue weighted by molar-refractivity contribution is -0.104. The van der Waals surface area contributed by atoms with Crippen molar-refractivity contribution in [1.82, 2.24) is 0 Å². The number of carbonyl (C=O) groups is 1. The van der Waals surface area contributed by atoms with Crippen LogP contribution in [0.2, 0.25) is 0 Å². The molecule has 1 heteroatoms. The highest BCUT2D eigenvalue weighted by atomic mass is 16.1. The number of hydrogen-bond acceptors (Lipinski definition) is 1. The number of rotatable bonds is 2. The predicted octanol–water partition coefficient (Wildman–Crippen LogP) is 3.45. The van der Waals surface area contributed by atoms with Crippen molar-refractivity contribution < 1.29 is 4.79 Å². The molecule has 0 unspecified atom stereocenters. The van der Waals surface area contributed by atoms with Gasteiger partial charge in [0.2, 0.25) is 0 Å². The zero-order valence-corrected chi connectivity index (χ0v) is 9.72. The van der Waals surface area contributed by atoms with Crippen LogP contribution in [0.4, 0.5) is 0 Å². The van der Waals surface area contributed by atoms with Crippen molar-refractivity contribution in [3.63, 3.8) is 0 Å². The molecule has 0 bridgehead atoms. The molecule has 0 aromatic rings. The smallest absolute Gasteiger partial charge is 0.142 e. The predicted molar refractivity (Wildman–Crippen MR) is 57.6 cm³/mol. The van der Waals surface area contributed by atoms with E-state index in [1.54, 1.807) is 6.08 Å². The maximum absolute atomic E-state index is 10.3. The molecule has 13 heavy (non-hydrogen) atoms. The van der Waals surface area contributed by atoms with Crippen molar-refractivity contribution in [2.45, 2.75) is 41.5 Å². The van der Waals surface area contributed by atoms with E-state index in [1.165, 1.54) is 0 Å². The molecule has 0 atom stereocenters. The quantitative estimate of drug-likeness (QED) is 0.472. The van der Waals surface area contributed by atoms with Crippen LogP contribution in [0.15, 0.2) is 12.2 Å². The Balaban J connectivity index is 4.77. The van der Waals surface area contributed by atoms with Crippen LogP contribution in [0.5, 0.6) is 0 Å². The first-order chi connectivity index (χ1) is 5.69. The Hall–Kier alpha value is -0.590. The van der Waals surface area contributed by atoms with Gasteiger partial charge in [0.05, 0.1) is 0 Å². The van der Waals surface area contributed by atoms with E-state index >= 15 is 0 Å². The molecular formula is C12H22O. The highest BCUT2D eigenvalue weighted by Gasteiger charge is 2.32. The van der Waals surface area contributed by atoms with Crippen molar-refractivity contribution in [2.24, 2.45) is 16.7 Å². The summed E-state index contributed by atoms with van der Waals surface area (Å²) in [6.45, 7) is 13.2. The van der Waals surface area contributed by atoms with Crippen LogP contribution in [-0.2, 0) is 4.79 Å². The first-order valence-electron chi connectivity index (χ1n) is 4.81. The second-order valence-electron chi connectivity index (χ2n) is 5.73. The van der Waals surface area contributed by atoms with Gasteiger partial charge in [0.15, 0.2) is 0 Å². The van der Waals surface area contributed by atoms with Gasteiger partial charge < -0.3 is 0 Å². The van der Waals surface area contributed by atoms with Gasteiger partial charge in [-0.3, -0.25) is 4.79 Å². The highest BCUT2D eigenvalue weighted by molar-refractivity contribution is 5.64. The van der Waals surface area contributed by atoms with Crippen LogP contribution < -0.4 is 0 Å². The number of carbonyl (C=O) groups excluding carboxylic acids is 1. The summed E-state index contributed by atoms with van der Waals surface area (Å²) >= 11 is 0. The third kappa shape index (κ3) is 4.25. The molecule has 0 rings (SSSR count). The van der Waals surface area contributed by atoms with Crippen LogP contribution in [0.1, 0.15) is 41.5 Å². The lowest BCUT2D eigenvalue weighted by Gasteiger charge is -2.38. The van der Waals surface area contributed by atoms with Crippen LogP contribution in [0.25, 0.3) is 0 Å². The number of hydrogen-bond donors (Lipinski definition) is 0. The SMILES string of the molecule is CC(C)(C)C(C=CC=O)C(C)(C)C. The molecule has 0 amide bonds. The third-order valence-electron chi connectivity index (χ3n) is 2.25. The van der Waals surface area contributed by atoms with Gasteiger partial charge in [-0.2, -0.15) is 0 Å². The van der Waals surface area contributed by atoms with E-state index in [9.17, 15) is 4.79 Å². The molecule has 0 aliphatic heterocycles. The standard InChI is InChI=1S/C12H22O/c1-11(2,3)10(8-7-9-13)12(4,5)6/h7-10H,1-6H3. The van der Waals surface area contributed by atoms with Gasteiger partial charge >= 0.3 is 0 Å². The summed E-state index contributed by atoms with van der Waals surface area (Å²) in [6, 6.07) is 0. The third-order valence-corrected chi connectivity index (χ3v) is 2.25. The van der Waals surface area contributed by atoms with E-state index < -0.39 is 0 Å². The zero-order chi connectivity index (χ0) is 10.7. The fourth-order valence-corrected chi connectivity index (χ4v) is 2.03. The zero-order valence-electron chi connectivity index (χ0n) is 9.72. The molecule has 0 saturated heterocycles. The fraction of sp³-hybridized carbons (Fsp3) is 0.750. The molecule has 0 radical (unpaired) electrons. The molecule has 0 N–H and O–H groups in total. The summed E-state index contributed by atoms with van der Waals surface area (Å²) in [7, 11) is 0. The summed E-state index contributed by atoms with van der Waals surface area (Å²) in [5.74, 6) is 0.421. The van der Waals surface area contributed by atoms with Crippen LogP contribution in [0.3, 0.4) is 0 Å². The monoisotopic (exact) mass is 182 g/mol. The number of allylic oxidation sites excluding steroid dienone is 2. The number of aldehydes is 1. The molecule has 76 valence electrons. The summed E-state index contributed by atoms with van der Waals surface area (Å²) in [5, 5.41) is 0. The minimum Gasteiger partial charge on any atom is -0.299 e. The van der Waals surface area contributed by atoms with Crippen LogP contribution in [-0.4, -0.2) is 6.29 Å². The lowest BCUT2D eigenvalue weighted by atomic mass is 9.66. The molecule has 0 aliphatic carbocycles. The molecule has 0 aromatic heterocycles. The lowest BCUT2D eigenvalue weighted by Crippen LogP contribution is -2.30. The average molecular weight is 182 g/mol. The highest BCUT2D eigenvalue weighted by Crippen LogP contribution is 2.40. The molecule has 0 aliphatic rings. The van der Waals surface area contributed by atoms with Gasteiger partial charge in [-0.05, 0) is 22.8 Å². The van der Waals surface area contributed by atoms with E-state index in [4.69, 9.17) is 0 Å². The topological polar surface area (TPSA) is 17.1 Å². The Morgan fingerprint density at radius 1 is 0.923 bits per heavy atom. The van der Waals surface area contributed by atoms with Crippen LogP contribution in [0, 0.1) is 16.7 Å². The molecule has 0 aromatic carbocycles. The summed E-state index contributed by atoms with van der Waals surface area (Å²) in [5.41, 5.74) is 0.412. The summed E-state index contributed by atoms with van der Waals surface area (Å²) in [6.07, 6.45) is 4.48. The van der Waals surface area contributed by atoms with Crippen molar-refractivity contribution in [2.75, 3.05) is 0 Å². The van der Waals surface area contributed by atoms with Crippen molar-refractivity contribution in [3.05, 3.63) is 12.2 Å². The van der Waals surface area contributed by atoms with Gasteiger partial charge in [-0.25, -0.2) is 0 Å². The van der Waals surface area contributed by atoms with Crippen molar-refractivity contribution in [1.29, 1.82) is 0 Å². The van der Waals surface area contributed by atoms with E-state index in [0.29, 0.717) is 5.92 Å². The van der Waals surface area contributed by atoms with Gasteiger partial charge in [0, 0.05) is 0 Å². The molecule has 0 heterocycles.